The Balaban J connectivity index is 4.09. The van der Waals surface area contributed by atoms with E-state index in [2.05, 4.69) is 24.1 Å². The molecule has 0 radical (unpaired) electrons. The average Bonchev–Trinajstić information content (AvgIpc) is 2.31. The molecule has 0 rings (SSSR count). The number of hydrogen-bond donors (Lipinski definition) is 2. The SMILES string of the molecule is CCCCCC(=NN)C(CCCCC)=NN. The topological polar surface area (TPSA) is 76.8 Å². The van der Waals surface area contributed by atoms with Crippen LogP contribution in [-0.4, -0.2) is 11.4 Å². The van der Waals surface area contributed by atoms with E-state index in [-0.39, 0.29) is 0 Å². The van der Waals surface area contributed by atoms with Gasteiger partial charge in [0.2, 0.25) is 0 Å². The van der Waals surface area contributed by atoms with Crippen molar-refractivity contribution < 1.29 is 0 Å². The van der Waals surface area contributed by atoms with E-state index in [1.807, 2.05) is 0 Å². The summed E-state index contributed by atoms with van der Waals surface area (Å²) in [7, 11) is 0. The van der Waals surface area contributed by atoms with E-state index >= 15 is 0 Å². The van der Waals surface area contributed by atoms with Gasteiger partial charge in [-0.05, 0) is 25.7 Å². The predicted molar refractivity (Wildman–Crippen MR) is 71.5 cm³/mol. The molecule has 0 atom stereocenters. The minimum atomic E-state index is 0.882. The highest BCUT2D eigenvalue weighted by molar-refractivity contribution is 6.42. The third kappa shape index (κ3) is 6.43. The fraction of sp³-hybridized carbons (Fsp3) is 0.833. The van der Waals surface area contributed by atoms with E-state index in [9.17, 15) is 0 Å². The quantitative estimate of drug-likeness (QED) is 0.274. The van der Waals surface area contributed by atoms with Gasteiger partial charge in [0.05, 0.1) is 11.4 Å². The number of rotatable bonds is 9. The van der Waals surface area contributed by atoms with Gasteiger partial charge >= 0.3 is 0 Å². The lowest BCUT2D eigenvalue weighted by Gasteiger charge is -2.07. The van der Waals surface area contributed by atoms with Crippen LogP contribution in [-0.2, 0) is 0 Å². The summed E-state index contributed by atoms with van der Waals surface area (Å²) in [6.07, 6.45) is 8.81. The molecule has 0 aromatic heterocycles. The number of hydrogen-bond acceptors (Lipinski definition) is 4. The minimum absolute atomic E-state index is 0.882. The average molecular weight is 226 g/mol. The van der Waals surface area contributed by atoms with Crippen molar-refractivity contribution in [3.63, 3.8) is 0 Å². The zero-order valence-electron chi connectivity index (χ0n) is 10.7. The predicted octanol–water partition coefficient (Wildman–Crippen LogP) is 2.78. The summed E-state index contributed by atoms with van der Waals surface area (Å²) < 4.78 is 0. The van der Waals surface area contributed by atoms with Gasteiger partial charge < -0.3 is 11.7 Å². The molecule has 0 saturated heterocycles. The van der Waals surface area contributed by atoms with Gasteiger partial charge in [0.1, 0.15) is 0 Å². The number of nitrogens with two attached hydrogens (primary N) is 2. The second-order valence-corrected chi connectivity index (χ2v) is 4.07. The van der Waals surface area contributed by atoms with Crippen molar-refractivity contribution in [3.05, 3.63) is 0 Å². The van der Waals surface area contributed by atoms with Gasteiger partial charge in [-0.3, -0.25) is 0 Å². The molecule has 0 aliphatic heterocycles. The molecule has 0 amide bonds. The van der Waals surface area contributed by atoms with Crippen molar-refractivity contribution >= 4 is 11.4 Å². The van der Waals surface area contributed by atoms with Crippen molar-refractivity contribution in [1.29, 1.82) is 0 Å². The zero-order chi connectivity index (χ0) is 12.2. The third-order valence-electron chi connectivity index (χ3n) is 2.68. The summed E-state index contributed by atoms with van der Waals surface area (Å²) in [5.41, 5.74) is 1.76. The van der Waals surface area contributed by atoms with E-state index in [1.54, 1.807) is 0 Å². The van der Waals surface area contributed by atoms with Gasteiger partial charge in [-0.1, -0.05) is 39.5 Å². The van der Waals surface area contributed by atoms with E-state index < -0.39 is 0 Å². The molecular formula is C12H26N4. The van der Waals surface area contributed by atoms with Crippen LogP contribution in [0.5, 0.6) is 0 Å². The molecule has 0 aromatic rings. The summed E-state index contributed by atoms with van der Waals surface area (Å²) in [4.78, 5) is 0. The number of hydrazone groups is 2. The van der Waals surface area contributed by atoms with Gasteiger partial charge in [-0.25, -0.2) is 0 Å². The van der Waals surface area contributed by atoms with Crippen molar-refractivity contribution in [3.8, 4) is 0 Å². The Bertz CT molecular complexity index is 197. The minimum Gasteiger partial charge on any atom is -0.323 e. The molecule has 0 unspecified atom stereocenters. The van der Waals surface area contributed by atoms with Crippen LogP contribution in [0.3, 0.4) is 0 Å². The largest absolute Gasteiger partial charge is 0.323 e. The summed E-state index contributed by atoms with van der Waals surface area (Å²) >= 11 is 0. The van der Waals surface area contributed by atoms with E-state index in [4.69, 9.17) is 11.7 Å². The molecule has 0 aliphatic rings. The lowest BCUT2D eigenvalue weighted by atomic mass is 10.0. The molecule has 0 saturated carbocycles. The Labute approximate surface area is 99.2 Å². The highest BCUT2D eigenvalue weighted by Crippen LogP contribution is 2.07. The first-order chi connectivity index (χ1) is 7.79. The molecule has 0 spiro atoms. The Hall–Kier alpha value is -1.06. The van der Waals surface area contributed by atoms with Crippen LogP contribution in [0.25, 0.3) is 0 Å². The summed E-state index contributed by atoms with van der Waals surface area (Å²) in [5, 5.41) is 7.63. The molecule has 0 bridgehead atoms. The normalized spacial score (nSPS) is 13.1. The van der Waals surface area contributed by atoms with Crippen molar-refractivity contribution in [2.24, 2.45) is 21.9 Å². The van der Waals surface area contributed by atoms with Crippen LogP contribution in [0.2, 0.25) is 0 Å². The fourth-order valence-corrected chi connectivity index (χ4v) is 1.65. The number of unbranched alkanes of at least 4 members (excludes halogenated alkanes) is 4. The molecular weight excluding hydrogens is 200 g/mol. The lowest BCUT2D eigenvalue weighted by Crippen LogP contribution is -2.18. The molecule has 16 heavy (non-hydrogen) atoms. The molecule has 0 fully saturated rings. The van der Waals surface area contributed by atoms with Crippen molar-refractivity contribution in [1.82, 2.24) is 0 Å². The van der Waals surface area contributed by atoms with E-state index in [0.29, 0.717) is 0 Å². The van der Waals surface area contributed by atoms with Crippen molar-refractivity contribution in [2.45, 2.75) is 65.2 Å². The Morgan fingerprint density at radius 2 is 1.12 bits per heavy atom. The molecule has 0 aliphatic carbocycles. The Morgan fingerprint density at radius 1 is 0.750 bits per heavy atom. The van der Waals surface area contributed by atoms with Crippen LogP contribution in [0.1, 0.15) is 65.2 Å². The molecule has 4 heteroatoms. The van der Waals surface area contributed by atoms with Crippen LogP contribution >= 0.6 is 0 Å². The maximum Gasteiger partial charge on any atom is 0.0832 e. The molecule has 0 heterocycles. The maximum absolute atomic E-state index is 5.39. The van der Waals surface area contributed by atoms with Crippen LogP contribution in [0, 0.1) is 0 Å². The van der Waals surface area contributed by atoms with Crippen LogP contribution in [0.15, 0.2) is 10.2 Å². The maximum atomic E-state index is 5.39. The van der Waals surface area contributed by atoms with Gasteiger partial charge in [-0.2, -0.15) is 10.2 Å². The third-order valence-corrected chi connectivity index (χ3v) is 2.68. The first kappa shape index (κ1) is 14.9. The fourth-order valence-electron chi connectivity index (χ4n) is 1.65. The smallest absolute Gasteiger partial charge is 0.0832 e. The lowest BCUT2D eigenvalue weighted by molar-refractivity contribution is 0.733. The first-order valence-electron chi connectivity index (χ1n) is 6.33. The highest BCUT2D eigenvalue weighted by atomic mass is 15.2. The molecule has 4 N–H and O–H groups in total. The van der Waals surface area contributed by atoms with Crippen LogP contribution in [0.4, 0.5) is 0 Å². The van der Waals surface area contributed by atoms with E-state index in [0.717, 1.165) is 37.1 Å². The Kier molecular flexibility index (Phi) is 9.76. The first-order valence-corrected chi connectivity index (χ1v) is 6.33. The van der Waals surface area contributed by atoms with Crippen molar-refractivity contribution in [2.75, 3.05) is 0 Å². The monoisotopic (exact) mass is 226 g/mol. The molecule has 94 valence electrons. The standard InChI is InChI=1S/C12H26N4/c1-3-5-7-9-11(15-13)12(16-14)10-8-6-4-2/h3-10,13-14H2,1-2H3. The van der Waals surface area contributed by atoms with Gasteiger partial charge in [0.25, 0.3) is 0 Å². The zero-order valence-corrected chi connectivity index (χ0v) is 10.7. The van der Waals surface area contributed by atoms with Gasteiger partial charge in [-0.15, -0.1) is 0 Å². The van der Waals surface area contributed by atoms with Gasteiger partial charge in [0, 0.05) is 0 Å². The molecule has 0 aromatic carbocycles. The van der Waals surface area contributed by atoms with Crippen LogP contribution < -0.4 is 11.7 Å². The highest BCUT2D eigenvalue weighted by Gasteiger charge is 2.08. The van der Waals surface area contributed by atoms with Gasteiger partial charge in [0.15, 0.2) is 0 Å². The number of nitrogens with zero attached hydrogens (tertiary/aromatic N) is 2. The second-order valence-electron chi connectivity index (χ2n) is 4.07. The summed E-state index contributed by atoms with van der Waals surface area (Å²) in [5.74, 6) is 10.8. The Morgan fingerprint density at radius 3 is 1.38 bits per heavy atom. The van der Waals surface area contributed by atoms with E-state index in [1.165, 1.54) is 25.7 Å². The summed E-state index contributed by atoms with van der Waals surface area (Å²) in [6.45, 7) is 4.36. The second kappa shape index (κ2) is 10.5. The molecule has 4 nitrogen and oxygen atoms in total. The summed E-state index contributed by atoms with van der Waals surface area (Å²) in [6, 6.07) is 0.